The van der Waals surface area contributed by atoms with Gasteiger partial charge in [-0.25, -0.2) is 0 Å². The molecule has 2 N–H and O–H groups in total. The van der Waals surface area contributed by atoms with Crippen LogP contribution >= 0.6 is 0 Å². The molecule has 2 bridgehead atoms. The predicted octanol–water partition coefficient (Wildman–Crippen LogP) is 2.19. The number of nitriles is 1. The summed E-state index contributed by atoms with van der Waals surface area (Å²) < 4.78 is 0. The summed E-state index contributed by atoms with van der Waals surface area (Å²) >= 11 is 0. The molecule has 5 nitrogen and oxygen atoms in total. The zero-order valence-corrected chi connectivity index (χ0v) is 16.2. The maximum absolute atomic E-state index is 12.6. The van der Waals surface area contributed by atoms with E-state index in [4.69, 9.17) is 0 Å². The lowest BCUT2D eigenvalue weighted by molar-refractivity contribution is -0.124. The topological polar surface area (TPSA) is 68.2 Å². The number of hydrogen-bond acceptors (Lipinski definition) is 4. The lowest BCUT2D eigenvalue weighted by atomic mass is 9.89. The highest BCUT2D eigenvalue weighted by molar-refractivity contribution is 5.83. The summed E-state index contributed by atoms with van der Waals surface area (Å²) in [5.74, 6) is 1.09. The molecule has 1 saturated carbocycles. The lowest BCUT2D eigenvalue weighted by Crippen LogP contribution is -2.50. The number of carbonyl (C=O) groups is 1. The van der Waals surface area contributed by atoms with Crippen LogP contribution < -0.4 is 10.6 Å². The second-order valence-electron chi connectivity index (χ2n) is 8.63. The van der Waals surface area contributed by atoms with E-state index in [2.05, 4.69) is 52.9 Å². The third-order valence-corrected chi connectivity index (χ3v) is 6.72. The fraction of sp³-hybridized carbons (Fsp3) is 0.636. The van der Waals surface area contributed by atoms with Gasteiger partial charge < -0.3 is 15.5 Å². The summed E-state index contributed by atoms with van der Waals surface area (Å²) in [7, 11) is 2.18. The van der Waals surface area contributed by atoms with E-state index in [0.29, 0.717) is 24.3 Å². The van der Waals surface area contributed by atoms with Gasteiger partial charge in [0.15, 0.2) is 0 Å². The third kappa shape index (κ3) is 4.17. The van der Waals surface area contributed by atoms with E-state index in [1.165, 1.54) is 24.8 Å². The molecule has 2 aliphatic heterocycles. The highest BCUT2D eigenvalue weighted by atomic mass is 16.2. The number of hydrogen-bond donors (Lipinski definition) is 2. The molecule has 2 heterocycles. The second kappa shape index (κ2) is 8.00. The molecule has 0 spiro atoms. The van der Waals surface area contributed by atoms with Crippen LogP contribution in [0.25, 0.3) is 0 Å². The molecular weight excluding hydrogens is 336 g/mol. The molecule has 3 fully saturated rings. The van der Waals surface area contributed by atoms with E-state index in [-0.39, 0.29) is 11.9 Å². The van der Waals surface area contributed by atoms with Crippen molar-refractivity contribution in [3.8, 4) is 6.07 Å². The molecule has 1 aromatic rings. The Morgan fingerprint density at radius 1 is 1.26 bits per heavy atom. The van der Waals surface area contributed by atoms with Crippen LogP contribution in [0.2, 0.25) is 0 Å². The number of piperidine rings is 2. The van der Waals surface area contributed by atoms with Crippen molar-refractivity contribution in [1.29, 1.82) is 5.26 Å². The number of amides is 1. The van der Waals surface area contributed by atoms with Crippen molar-refractivity contribution in [2.24, 2.45) is 5.92 Å². The van der Waals surface area contributed by atoms with E-state index in [9.17, 15) is 10.1 Å². The normalized spacial score (nSPS) is 29.4. The van der Waals surface area contributed by atoms with Crippen LogP contribution in [-0.2, 0) is 11.2 Å². The minimum atomic E-state index is -0.465. The van der Waals surface area contributed by atoms with Crippen molar-refractivity contribution in [1.82, 2.24) is 15.5 Å². The fourth-order valence-electron chi connectivity index (χ4n) is 5.04. The number of rotatable bonds is 5. The largest absolute Gasteiger partial charge is 0.339 e. The Morgan fingerprint density at radius 2 is 2.00 bits per heavy atom. The summed E-state index contributed by atoms with van der Waals surface area (Å²) in [6.07, 6.45) is 6.40. The molecule has 5 heteroatoms. The van der Waals surface area contributed by atoms with Crippen LogP contribution in [-0.4, -0.2) is 49.1 Å². The second-order valence-corrected chi connectivity index (χ2v) is 8.63. The maximum Gasteiger partial charge on any atom is 0.238 e. The Morgan fingerprint density at radius 3 is 2.59 bits per heavy atom. The zero-order valence-electron chi connectivity index (χ0n) is 16.2. The van der Waals surface area contributed by atoms with Crippen molar-refractivity contribution in [3.05, 3.63) is 35.4 Å². The van der Waals surface area contributed by atoms with E-state index >= 15 is 0 Å². The molecule has 2 saturated heterocycles. The molecule has 4 atom stereocenters. The molecule has 0 aromatic heterocycles. The van der Waals surface area contributed by atoms with Crippen LogP contribution in [0.15, 0.2) is 24.3 Å². The first-order valence-corrected chi connectivity index (χ1v) is 10.4. The standard InChI is InChI=1S/C22H30N4O/c1-26-10-8-17(9-11-26)16-4-2-15(3-5-16)12-20(14-23)25-22(27)21-18-6-7-19(13-18)24-21/h2-5,17-21,24H,6-13H2,1H3,(H,25,27)/t18-,19-,20-,21-/m0/s1. The minimum absolute atomic E-state index is 0.00306. The van der Waals surface area contributed by atoms with Gasteiger partial charge in [-0.05, 0) is 75.2 Å². The molecule has 144 valence electrons. The number of nitrogens with one attached hydrogen (secondary N) is 2. The molecule has 4 rings (SSSR count). The average Bonchev–Trinajstić information content (AvgIpc) is 3.32. The van der Waals surface area contributed by atoms with E-state index < -0.39 is 6.04 Å². The highest BCUT2D eigenvalue weighted by Gasteiger charge is 2.43. The number of carbonyl (C=O) groups excluding carboxylic acids is 1. The van der Waals surface area contributed by atoms with Crippen LogP contribution in [0.3, 0.4) is 0 Å². The fourth-order valence-corrected chi connectivity index (χ4v) is 5.04. The van der Waals surface area contributed by atoms with Crippen molar-refractivity contribution < 1.29 is 4.79 Å². The Balaban J connectivity index is 1.32. The van der Waals surface area contributed by atoms with Crippen LogP contribution in [0.4, 0.5) is 0 Å². The monoisotopic (exact) mass is 366 g/mol. The lowest BCUT2D eigenvalue weighted by Gasteiger charge is -2.29. The smallest absolute Gasteiger partial charge is 0.238 e. The SMILES string of the molecule is CN1CCC(c2ccc(C[C@@H](C#N)NC(=O)[C@H]3N[C@H]4CC[C@H]3C4)cc2)CC1. The Hall–Kier alpha value is -1.90. The first-order chi connectivity index (χ1) is 13.1. The first kappa shape index (κ1) is 18.5. The van der Waals surface area contributed by atoms with Crippen LogP contribution in [0.1, 0.15) is 49.1 Å². The zero-order chi connectivity index (χ0) is 18.8. The Labute approximate surface area is 162 Å². The molecular formula is C22H30N4O. The van der Waals surface area contributed by atoms with Crippen molar-refractivity contribution >= 4 is 5.91 Å². The van der Waals surface area contributed by atoms with Crippen molar-refractivity contribution in [3.63, 3.8) is 0 Å². The van der Waals surface area contributed by atoms with Crippen LogP contribution in [0, 0.1) is 17.2 Å². The average molecular weight is 367 g/mol. The maximum atomic E-state index is 12.6. The van der Waals surface area contributed by atoms with E-state index in [1.807, 2.05) is 0 Å². The number of fused-ring (bicyclic) bond motifs is 2. The van der Waals surface area contributed by atoms with Gasteiger partial charge in [-0.3, -0.25) is 4.79 Å². The summed E-state index contributed by atoms with van der Waals surface area (Å²) in [6, 6.07) is 10.9. The molecule has 1 aliphatic carbocycles. The van der Waals surface area contributed by atoms with Crippen molar-refractivity contribution in [2.45, 2.75) is 62.6 Å². The molecule has 1 aromatic carbocycles. The van der Waals surface area contributed by atoms with Gasteiger partial charge in [0.25, 0.3) is 0 Å². The summed E-state index contributed by atoms with van der Waals surface area (Å²) in [4.78, 5) is 14.9. The van der Waals surface area contributed by atoms with Gasteiger partial charge in [-0.15, -0.1) is 0 Å². The minimum Gasteiger partial charge on any atom is -0.339 e. The van der Waals surface area contributed by atoms with Crippen molar-refractivity contribution in [2.75, 3.05) is 20.1 Å². The number of nitrogens with zero attached hydrogens (tertiary/aromatic N) is 2. The van der Waals surface area contributed by atoms with Gasteiger partial charge in [0.05, 0.1) is 12.1 Å². The van der Waals surface area contributed by atoms with E-state index in [0.717, 1.165) is 31.5 Å². The summed E-state index contributed by atoms with van der Waals surface area (Å²) in [5.41, 5.74) is 2.51. The Kier molecular flexibility index (Phi) is 5.47. The van der Waals surface area contributed by atoms with Gasteiger partial charge >= 0.3 is 0 Å². The number of benzene rings is 1. The molecule has 0 radical (unpaired) electrons. The third-order valence-electron chi connectivity index (χ3n) is 6.72. The summed E-state index contributed by atoms with van der Waals surface area (Å²) in [5, 5.41) is 15.9. The van der Waals surface area contributed by atoms with Gasteiger partial charge in [-0.2, -0.15) is 5.26 Å². The molecule has 1 amide bonds. The Bertz CT molecular complexity index is 702. The molecule has 27 heavy (non-hydrogen) atoms. The first-order valence-electron chi connectivity index (χ1n) is 10.4. The molecule has 3 aliphatic rings. The molecule has 0 unspecified atom stereocenters. The quantitative estimate of drug-likeness (QED) is 0.838. The highest BCUT2D eigenvalue weighted by Crippen LogP contribution is 2.35. The van der Waals surface area contributed by atoms with Gasteiger partial charge in [0.1, 0.15) is 6.04 Å². The van der Waals surface area contributed by atoms with E-state index in [1.54, 1.807) is 0 Å². The van der Waals surface area contributed by atoms with Gasteiger partial charge in [-0.1, -0.05) is 24.3 Å². The van der Waals surface area contributed by atoms with Gasteiger partial charge in [0.2, 0.25) is 5.91 Å². The predicted molar refractivity (Wildman–Crippen MR) is 105 cm³/mol. The number of likely N-dealkylation sites (tertiary alicyclic amines) is 1. The summed E-state index contributed by atoms with van der Waals surface area (Å²) in [6.45, 7) is 2.32. The van der Waals surface area contributed by atoms with Crippen LogP contribution in [0.5, 0.6) is 0 Å². The van der Waals surface area contributed by atoms with Gasteiger partial charge in [0, 0.05) is 12.5 Å².